The zero-order chi connectivity index (χ0) is 17.1. The minimum atomic E-state index is 0.546. The number of imidazole rings is 1. The molecule has 0 N–H and O–H groups in total. The fourth-order valence-electron chi connectivity index (χ4n) is 2.51. The maximum absolute atomic E-state index is 4.33. The normalized spacial score (nSPS) is 11.2. The van der Waals surface area contributed by atoms with Gasteiger partial charge in [-0.05, 0) is 41.2 Å². The molecule has 4 aromatic rings. The van der Waals surface area contributed by atoms with Gasteiger partial charge in [0.15, 0.2) is 0 Å². The molecule has 4 heterocycles. The quantitative estimate of drug-likeness (QED) is 0.525. The van der Waals surface area contributed by atoms with E-state index in [1.165, 1.54) is 11.1 Å². The highest BCUT2D eigenvalue weighted by atomic mass is 15.0. The van der Waals surface area contributed by atoms with Gasteiger partial charge in [0.2, 0.25) is 0 Å². The third-order valence-electron chi connectivity index (χ3n) is 4.14. The van der Waals surface area contributed by atoms with Gasteiger partial charge in [0.1, 0.15) is 11.3 Å². The topological polar surface area (TPSA) is 34.6 Å². The van der Waals surface area contributed by atoms with Crippen LogP contribution in [0.4, 0.5) is 0 Å². The van der Waals surface area contributed by atoms with Crippen LogP contribution in [0.2, 0.25) is 0 Å². The van der Waals surface area contributed by atoms with E-state index in [-0.39, 0.29) is 0 Å². The highest BCUT2D eigenvalue weighted by Gasteiger charge is 2.00. The molecule has 4 heteroatoms. The van der Waals surface area contributed by atoms with Gasteiger partial charge in [0.05, 0.1) is 0 Å². The van der Waals surface area contributed by atoms with E-state index in [9.17, 15) is 0 Å². The lowest BCUT2D eigenvalue weighted by molar-refractivity contribution is 0.843. The van der Waals surface area contributed by atoms with E-state index in [2.05, 4.69) is 71.0 Å². The molecule has 24 heavy (non-hydrogen) atoms. The van der Waals surface area contributed by atoms with Crippen molar-refractivity contribution in [2.24, 2.45) is 0 Å². The van der Waals surface area contributed by atoms with Gasteiger partial charge in [-0.15, -0.1) is 0 Å². The van der Waals surface area contributed by atoms with Crippen molar-refractivity contribution in [3.63, 3.8) is 0 Å². The van der Waals surface area contributed by atoms with Gasteiger partial charge in [-0.25, -0.2) is 9.97 Å². The van der Waals surface area contributed by atoms with Gasteiger partial charge >= 0.3 is 0 Å². The van der Waals surface area contributed by atoms with Crippen LogP contribution in [0.25, 0.3) is 11.3 Å². The molecule has 4 nitrogen and oxygen atoms in total. The van der Waals surface area contributed by atoms with Crippen LogP contribution in [0, 0.1) is 0 Å². The van der Waals surface area contributed by atoms with Crippen LogP contribution < -0.4 is 0 Å². The first kappa shape index (κ1) is 16.2. The lowest BCUT2D eigenvalue weighted by atomic mass is 10.1. The van der Waals surface area contributed by atoms with E-state index in [1.807, 2.05) is 36.9 Å². The summed E-state index contributed by atoms with van der Waals surface area (Å²) in [5.41, 5.74) is 4.65. The monoisotopic (exact) mass is 320 g/mol. The molecule has 4 rings (SSSR count). The third-order valence-corrected chi connectivity index (χ3v) is 4.14. The van der Waals surface area contributed by atoms with Gasteiger partial charge in [-0.1, -0.05) is 33.8 Å². The lowest BCUT2D eigenvalue weighted by Crippen LogP contribution is -1.93. The maximum Gasteiger partial charge on any atom is 0.136 e. The van der Waals surface area contributed by atoms with E-state index in [1.54, 1.807) is 0 Å². The van der Waals surface area contributed by atoms with E-state index in [0.717, 1.165) is 11.3 Å². The van der Waals surface area contributed by atoms with Crippen LogP contribution >= 0.6 is 0 Å². The van der Waals surface area contributed by atoms with Crippen molar-refractivity contribution < 1.29 is 0 Å². The zero-order valence-electron chi connectivity index (χ0n) is 14.7. The van der Waals surface area contributed by atoms with E-state index in [0.29, 0.717) is 11.8 Å². The largest absolute Gasteiger partial charge is 0.308 e. The second-order valence-corrected chi connectivity index (χ2v) is 6.63. The Bertz CT molecular complexity index is 853. The van der Waals surface area contributed by atoms with Crippen LogP contribution in [-0.2, 0) is 0 Å². The van der Waals surface area contributed by atoms with Crippen molar-refractivity contribution in [2.45, 2.75) is 39.5 Å². The molecule has 124 valence electrons. The number of rotatable bonds is 2. The summed E-state index contributed by atoms with van der Waals surface area (Å²) in [6, 6.07) is 8.19. The Morgan fingerprint density at radius 2 is 1.42 bits per heavy atom. The van der Waals surface area contributed by atoms with Crippen molar-refractivity contribution in [1.29, 1.82) is 0 Å². The Hall–Kier alpha value is -2.62. The molecule has 0 aliphatic carbocycles. The first-order valence-electron chi connectivity index (χ1n) is 8.40. The summed E-state index contributed by atoms with van der Waals surface area (Å²) in [6.45, 7) is 8.73. The van der Waals surface area contributed by atoms with Crippen LogP contribution in [-0.4, -0.2) is 18.8 Å². The van der Waals surface area contributed by atoms with Gasteiger partial charge in [0, 0.05) is 37.2 Å². The number of nitrogens with zero attached hydrogens (tertiary/aromatic N) is 4. The van der Waals surface area contributed by atoms with E-state index in [4.69, 9.17) is 0 Å². The minimum absolute atomic E-state index is 0.546. The van der Waals surface area contributed by atoms with Crippen LogP contribution in [0.15, 0.2) is 61.4 Å². The molecule has 0 saturated carbocycles. The maximum atomic E-state index is 4.33. The molecule has 0 spiro atoms. The molecule has 0 atom stereocenters. The second kappa shape index (κ2) is 6.87. The number of hydrogen-bond acceptors (Lipinski definition) is 2. The van der Waals surface area contributed by atoms with Gasteiger partial charge in [0.25, 0.3) is 0 Å². The highest BCUT2D eigenvalue weighted by molar-refractivity contribution is 5.40. The summed E-state index contributed by atoms with van der Waals surface area (Å²) < 4.78 is 4.10. The summed E-state index contributed by atoms with van der Waals surface area (Å²) in [6.07, 6.45) is 12.0. The lowest BCUT2D eigenvalue weighted by Gasteiger charge is -2.04. The smallest absolute Gasteiger partial charge is 0.136 e. The summed E-state index contributed by atoms with van der Waals surface area (Å²) in [5.74, 6) is 1.13. The Balaban J connectivity index is 0.000000141. The van der Waals surface area contributed by atoms with Crippen molar-refractivity contribution in [3.8, 4) is 0 Å². The molecule has 0 fully saturated rings. The SMILES string of the molecule is CC(C)c1ccc2nccn2c1.CC(C)c1cnc2cccn2c1. The van der Waals surface area contributed by atoms with Crippen LogP contribution in [0.3, 0.4) is 0 Å². The van der Waals surface area contributed by atoms with Crippen molar-refractivity contribution >= 4 is 11.3 Å². The Kier molecular flexibility index (Phi) is 4.65. The molecule has 0 aliphatic rings. The number of pyridine rings is 1. The van der Waals surface area contributed by atoms with Gasteiger partial charge in [-0.3, -0.25) is 0 Å². The summed E-state index contributed by atoms with van der Waals surface area (Å²) in [5, 5.41) is 0. The van der Waals surface area contributed by atoms with E-state index >= 15 is 0 Å². The fourth-order valence-corrected chi connectivity index (χ4v) is 2.51. The average Bonchev–Trinajstić information content (AvgIpc) is 3.22. The molecular formula is C20H24N4. The first-order chi connectivity index (χ1) is 11.5. The third kappa shape index (κ3) is 3.48. The fraction of sp³-hybridized carbons (Fsp3) is 0.300. The zero-order valence-corrected chi connectivity index (χ0v) is 14.7. The summed E-state index contributed by atoms with van der Waals surface area (Å²) in [7, 11) is 0. The standard InChI is InChI=1S/2C10H12N2/c1-8(2)9-3-4-10-11-5-6-12(10)7-9;1-8(2)9-6-11-10-4-3-5-12(10)7-9/h2*3-8H,1-2H3. The summed E-state index contributed by atoms with van der Waals surface area (Å²) in [4.78, 5) is 8.51. The van der Waals surface area contributed by atoms with E-state index < -0.39 is 0 Å². The highest BCUT2D eigenvalue weighted by Crippen LogP contribution is 2.14. The van der Waals surface area contributed by atoms with Gasteiger partial charge < -0.3 is 8.80 Å². The van der Waals surface area contributed by atoms with Crippen molar-refractivity contribution in [3.05, 3.63) is 72.6 Å². The Morgan fingerprint density at radius 3 is 2.17 bits per heavy atom. The molecule has 4 aromatic heterocycles. The molecule has 0 radical (unpaired) electrons. The van der Waals surface area contributed by atoms with Crippen LogP contribution in [0.5, 0.6) is 0 Å². The predicted molar refractivity (Wildman–Crippen MR) is 98.6 cm³/mol. The molecule has 0 saturated heterocycles. The molecule has 0 bridgehead atoms. The molecule has 0 unspecified atom stereocenters. The minimum Gasteiger partial charge on any atom is -0.308 e. The van der Waals surface area contributed by atoms with Crippen molar-refractivity contribution in [2.75, 3.05) is 0 Å². The Morgan fingerprint density at radius 1 is 0.750 bits per heavy atom. The predicted octanol–water partition coefficient (Wildman–Crippen LogP) is 4.92. The first-order valence-corrected chi connectivity index (χ1v) is 8.40. The number of fused-ring (bicyclic) bond motifs is 2. The summed E-state index contributed by atoms with van der Waals surface area (Å²) >= 11 is 0. The molecule has 0 aromatic carbocycles. The van der Waals surface area contributed by atoms with Crippen molar-refractivity contribution in [1.82, 2.24) is 18.8 Å². The average molecular weight is 320 g/mol. The van der Waals surface area contributed by atoms with Crippen LogP contribution in [0.1, 0.15) is 50.7 Å². The number of hydrogen-bond donors (Lipinski definition) is 0. The molecule has 0 aliphatic heterocycles. The molecule has 0 amide bonds. The number of aromatic nitrogens is 4. The second-order valence-electron chi connectivity index (χ2n) is 6.63. The van der Waals surface area contributed by atoms with Gasteiger partial charge in [-0.2, -0.15) is 0 Å². The Labute approximate surface area is 142 Å². The molecular weight excluding hydrogens is 296 g/mol.